The van der Waals surface area contributed by atoms with E-state index in [-0.39, 0.29) is 24.7 Å². The smallest absolute Gasteiger partial charge is 0.224 e. The lowest BCUT2D eigenvalue weighted by Crippen LogP contribution is -2.27. The Balaban J connectivity index is 1.51. The number of benzene rings is 2. The number of amides is 2. The minimum absolute atomic E-state index is 0.104. The summed E-state index contributed by atoms with van der Waals surface area (Å²) < 4.78 is 0. The fourth-order valence-corrected chi connectivity index (χ4v) is 2.91. The number of nitrogens with zero attached hydrogens (tertiary/aromatic N) is 3. The molecule has 0 aliphatic rings. The number of carbonyl (C=O) groups excluding carboxylic acids is 2. The van der Waals surface area contributed by atoms with Crippen LogP contribution in [0.3, 0.4) is 0 Å². The average molecular weight is 376 g/mol. The van der Waals surface area contributed by atoms with Crippen LogP contribution in [-0.2, 0) is 22.6 Å². The van der Waals surface area contributed by atoms with E-state index in [4.69, 9.17) is 0 Å². The molecule has 0 radical (unpaired) electrons. The van der Waals surface area contributed by atoms with Crippen LogP contribution >= 0.6 is 0 Å². The second kappa shape index (κ2) is 9.08. The zero-order valence-electron chi connectivity index (χ0n) is 16.2. The lowest BCUT2D eigenvalue weighted by atomic mass is 10.1. The van der Waals surface area contributed by atoms with E-state index in [1.165, 1.54) is 0 Å². The number of rotatable bonds is 7. The highest BCUT2D eigenvalue weighted by atomic mass is 16.2. The van der Waals surface area contributed by atoms with Crippen molar-refractivity contribution in [2.45, 2.75) is 32.7 Å². The average Bonchev–Trinajstić information content (AvgIpc) is 2.72. The molecule has 0 bridgehead atoms. The summed E-state index contributed by atoms with van der Waals surface area (Å²) in [5.74, 6) is -0.270. The summed E-state index contributed by atoms with van der Waals surface area (Å²) in [7, 11) is 1.71. The van der Waals surface area contributed by atoms with Gasteiger partial charge in [0.2, 0.25) is 11.8 Å². The van der Waals surface area contributed by atoms with Crippen LogP contribution in [0.4, 0.5) is 5.69 Å². The molecule has 28 heavy (non-hydrogen) atoms. The molecule has 144 valence electrons. The number of hydrogen-bond acceptors (Lipinski definition) is 4. The molecule has 1 aromatic heterocycles. The molecule has 0 unspecified atom stereocenters. The Hall–Kier alpha value is -3.28. The normalized spacial score (nSPS) is 10.6. The maximum Gasteiger partial charge on any atom is 0.224 e. The third-order valence-corrected chi connectivity index (χ3v) is 4.51. The van der Waals surface area contributed by atoms with Crippen LogP contribution in [0.25, 0.3) is 11.0 Å². The summed E-state index contributed by atoms with van der Waals surface area (Å²) in [6, 6.07) is 15.3. The van der Waals surface area contributed by atoms with E-state index in [2.05, 4.69) is 22.2 Å². The Morgan fingerprint density at radius 1 is 1.04 bits per heavy atom. The van der Waals surface area contributed by atoms with E-state index in [9.17, 15) is 9.59 Å². The molecule has 1 N–H and O–H groups in total. The summed E-state index contributed by atoms with van der Waals surface area (Å²) in [5, 5.41) is 2.85. The van der Waals surface area contributed by atoms with Gasteiger partial charge in [-0.15, -0.1) is 0 Å². The molecule has 1 heterocycles. The van der Waals surface area contributed by atoms with Gasteiger partial charge in [-0.25, -0.2) is 4.98 Å². The van der Waals surface area contributed by atoms with Gasteiger partial charge in [-0.05, 0) is 36.2 Å². The van der Waals surface area contributed by atoms with E-state index in [0.29, 0.717) is 6.54 Å². The molecule has 6 nitrogen and oxygen atoms in total. The highest BCUT2D eigenvalue weighted by Gasteiger charge is 2.13. The maximum absolute atomic E-state index is 12.4. The number of carbonyl (C=O) groups is 2. The van der Waals surface area contributed by atoms with Crippen molar-refractivity contribution in [2.75, 3.05) is 12.4 Å². The third kappa shape index (κ3) is 5.13. The van der Waals surface area contributed by atoms with Crippen molar-refractivity contribution in [2.24, 2.45) is 0 Å². The van der Waals surface area contributed by atoms with Gasteiger partial charge in [-0.1, -0.05) is 31.2 Å². The lowest BCUT2D eigenvalue weighted by molar-refractivity contribution is -0.132. The van der Waals surface area contributed by atoms with Crippen LogP contribution in [0.2, 0.25) is 0 Å². The van der Waals surface area contributed by atoms with Gasteiger partial charge in [0.25, 0.3) is 0 Å². The lowest BCUT2D eigenvalue weighted by Gasteiger charge is -2.16. The Labute approximate surface area is 164 Å². The highest BCUT2D eigenvalue weighted by molar-refractivity contribution is 5.93. The Kier molecular flexibility index (Phi) is 6.32. The van der Waals surface area contributed by atoms with Crippen LogP contribution in [0, 0.1) is 0 Å². The van der Waals surface area contributed by atoms with Crippen LogP contribution < -0.4 is 5.32 Å². The summed E-state index contributed by atoms with van der Waals surface area (Å²) in [6.07, 6.45) is 2.88. The molecule has 2 aromatic carbocycles. The minimum Gasteiger partial charge on any atom is -0.340 e. The molecule has 0 saturated carbocycles. The van der Waals surface area contributed by atoms with Crippen molar-refractivity contribution >= 4 is 28.5 Å². The Morgan fingerprint density at radius 3 is 2.61 bits per heavy atom. The van der Waals surface area contributed by atoms with Crippen LogP contribution in [0.1, 0.15) is 31.0 Å². The molecule has 6 heteroatoms. The SMILES string of the molecule is CCc1cccc(NC(=O)CCC(=O)N(C)Cc2cnc3ccccc3n2)c1. The molecule has 0 aliphatic carbocycles. The predicted molar refractivity (Wildman–Crippen MR) is 110 cm³/mol. The first-order chi connectivity index (χ1) is 13.5. The molecule has 3 rings (SSSR count). The number of para-hydroxylation sites is 2. The summed E-state index contributed by atoms with van der Waals surface area (Å²) in [4.78, 5) is 35.0. The van der Waals surface area contributed by atoms with Gasteiger partial charge in [-0.3, -0.25) is 14.6 Å². The van der Waals surface area contributed by atoms with E-state index >= 15 is 0 Å². The molecule has 2 amide bonds. The topological polar surface area (TPSA) is 75.2 Å². The standard InChI is InChI=1S/C22H24N4O2/c1-3-16-7-6-8-17(13-16)25-21(27)11-12-22(28)26(2)15-18-14-23-19-9-4-5-10-20(19)24-18/h4-10,13-14H,3,11-12,15H2,1-2H3,(H,25,27). The summed E-state index contributed by atoms with van der Waals surface area (Å²) in [6.45, 7) is 2.42. The van der Waals surface area contributed by atoms with Crippen LogP contribution in [0.5, 0.6) is 0 Å². The second-order valence-corrected chi connectivity index (χ2v) is 6.70. The van der Waals surface area contributed by atoms with Crippen LogP contribution in [0.15, 0.2) is 54.7 Å². The largest absolute Gasteiger partial charge is 0.340 e. The Morgan fingerprint density at radius 2 is 1.82 bits per heavy atom. The zero-order chi connectivity index (χ0) is 19.9. The minimum atomic E-state index is -0.166. The first-order valence-electron chi connectivity index (χ1n) is 9.38. The molecule has 0 atom stereocenters. The molecular weight excluding hydrogens is 352 g/mol. The number of aromatic nitrogens is 2. The van der Waals surface area contributed by atoms with E-state index in [1.807, 2.05) is 48.5 Å². The number of fused-ring (bicyclic) bond motifs is 1. The monoisotopic (exact) mass is 376 g/mol. The van der Waals surface area contributed by atoms with E-state index in [1.54, 1.807) is 18.1 Å². The van der Waals surface area contributed by atoms with Crippen molar-refractivity contribution in [3.05, 3.63) is 66.0 Å². The van der Waals surface area contributed by atoms with Gasteiger partial charge in [0.1, 0.15) is 0 Å². The molecular formula is C22H24N4O2. The number of anilines is 1. The van der Waals surface area contributed by atoms with Crippen molar-refractivity contribution in [3.63, 3.8) is 0 Å². The summed E-state index contributed by atoms with van der Waals surface area (Å²) >= 11 is 0. The molecule has 0 spiro atoms. The highest BCUT2D eigenvalue weighted by Crippen LogP contribution is 2.13. The van der Waals surface area contributed by atoms with Gasteiger partial charge in [0.15, 0.2) is 0 Å². The number of nitrogens with one attached hydrogen (secondary N) is 1. The second-order valence-electron chi connectivity index (χ2n) is 6.70. The fraction of sp³-hybridized carbons (Fsp3) is 0.273. The zero-order valence-corrected chi connectivity index (χ0v) is 16.2. The van der Waals surface area contributed by atoms with Crippen molar-refractivity contribution in [3.8, 4) is 0 Å². The van der Waals surface area contributed by atoms with Gasteiger partial charge in [-0.2, -0.15) is 0 Å². The van der Waals surface area contributed by atoms with Crippen molar-refractivity contribution in [1.82, 2.24) is 14.9 Å². The first-order valence-corrected chi connectivity index (χ1v) is 9.38. The van der Waals surface area contributed by atoms with Crippen molar-refractivity contribution in [1.29, 1.82) is 0 Å². The van der Waals surface area contributed by atoms with E-state index in [0.717, 1.165) is 34.4 Å². The van der Waals surface area contributed by atoms with Gasteiger partial charge in [0.05, 0.1) is 29.5 Å². The van der Waals surface area contributed by atoms with Crippen molar-refractivity contribution < 1.29 is 9.59 Å². The summed E-state index contributed by atoms with van der Waals surface area (Å²) in [5.41, 5.74) is 4.26. The van der Waals surface area contributed by atoms with Gasteiger partial charge in [0, 0.05) is 25.6 Å². The van der Waals surface area contributed by atoms with E-state index < -0.39 is 0 Å². The van der Waals surface area contributed by atoms with Crippen LogP contribution in [-0.4, -0.2) is 33.7 Å². The maximum atomic E-state index is 12.4. The Bertz CT molecular complexity index is 987. The molecule has 3 aromatic rings. The molecule has 0 aliphatic heterocycles. The van der Waals surface area contributed by atoms with Gasteiger partial charge < -0.3 is 10.2 Å². The molecule has 0 saturated heterocycles. The number of hydrogen-bond donors (Lipinski definition) is 1. The molecule has 0 fully saturated rings. The van der Waals surface area contributed by atoms with Gasteiger partial charge >= 0.3 is 0 Å². The third-order valence-electron chi connectivity index (χ3n) is 4.51. The first kappa shape index (κ1) is 19.5. The quantitative estimate of drug-likeness (QED) is 0.684. The number of aryl methyl sites for hydroxylation is 1. The fourth-order valence-electron chi connectivity index (χ4n) is 2.91. The predicted octanol–water partition coefficient (Wildman–Crippen LogP) is 3.57.